The fourth-order valence-electron chi connectivity index (χ4n) is 5.18. The van der Waals surface area contributed by atoms with Gasteiger partial charge in [0.2, 0.25) is 0 Å². The zero-order valence-corrected chi connectivity index (χ0v) is 17.6. The third-order valence-corrected chi connectivity index (χ3v) is 6.82. The summed E-state index contributed by atoms with van der Waals surface area (Å²) in [5.41, 5.74) is 2.54. The monoisotopic (exact) mass is 422 g/mol. The number of rotatable bonds is 5. The Hall–Kier alpha value is -3.10. The summed E-state index contributed by atoms with van der Waals surface area (Å²) >= 11 is 0. The number of carboxylic acid groups (broad SMARTS) is 1. The van der Waals surface area contributed by atoms with Crippen LogP contribution in [-0.2, 0) is 20.0 Å². The van der Waals surface area contributed by atoms with Crippen molar-refractivity contribution in [1.29, 1.82) is 0 Å². The average Bonchev–Trinajstić information content (AvgIpc) is 3.42. The average molecular weight is 422 g/mol. The molecule has 4 heterocycles. The molecule has 2 atom stereocenters. The van der Waals surface area contributed by atoms with Gasteiger partial charge >= 0.3 is 5.97 Å². The van der Waals surface area contributed by atoms with Gasteiger partial charge in [-0.3, -0.25) is 9.69 Å². The Morgan fingerprint density at radius 2 is 2.10 bits per heavy atom. The highest BCUT2D eigenvalue weighted by Gasteiger charge is 2.37. The summed E-state index contributed by atoms with van der Waals surface area (Å²) in [6.45, 7) is 4.85. The Labute approximate surface area is 179 Å². The summed E-state index contributed by atoms with van der Waals surface area (Å²) in [6.07, 6.45) is 1.61. The fraction of sp³-hybridized carbons (Fsp3) is 0.391. The van der Waals surface area contributed by atoms with Crippen molar-refractivity contribution in [3.63, 3.8) is 0 Å². The molecule has 0 amide bonds. The van der Waals surface area contributed by atoms with Crippen molar-refractivity contribution in [2.24, 2.45) is 7.05 Å². The van der Waals surface area contributed by atoms with E-state index in [1.807, 2.05) is 25.1 Å². The van der Waals surface area contributed by atoms with Crippen LogP contribution in [0.2, 0.25) is 0 Å². The third kappa shape index (κ3) is 3.14. The molecule has 162 valence electrons. The van der Waals surface area contributed by atoms with Crippen LogP contribution in [0.15, 0.2) is 29.1 Å². The summed E-state index contributed by atoms with van der Waals surface area (Å²) < 4.78 is 2.20. The molecule has 5 rings (SSSR count). The first kappa shape index (κ1) is 19.8. The lowest BCUT2D eigenvalue weighted by molar-refractivity contribution is 0.0691. The number of fused-ring (bicyclic) bond motifs is 3. The Morgan fingerprint density at radius 1 is 1.29 bits per heavy atom. The van der Waals surface area contributed by atoms with E-state index >= 15 is 0 Å². The number of hydrogen-bond acceptors (Lipinski definition) is 5. The Balaban J connectivity index is 1.55. The molecule has 8 nitrogen and oxygen atoms in total. The van der Waals surface area contributed by atoms with E-state index in [2.05, 4.69) is 32.9 Å². The van der Waals surface area contributed by atoms with E-state index in [-0.39, 0.29) is 0 Å². The predicted octanol–water partition coefficient (Wildman–Crippen LogP) is 2.05. The number of nitrogens with one attached hydrogen (secondary N) is 2. The maximum absolute atomic E-state index is 12.3. The zero-order chi connectivity index (χ0) is 21.9. The van der Waals surface area contributed by atoms with Crippen molar-refractivity contribution in [3.8, 4) is 17.0 Å². The smallest absolute Gasteiger partial charge is 0.345 e. The maximum Gasteiger partial charge on any atom is 0.345 e. The highest BCUT2D eigenvalue weighted by Crippen LogP contribution is 2.33. The molecule has 1 aromatic carbocycles. The molecule has 0 spiro atoms. The highest BCUT2D eigenvalue weighted by molar-refractivity contribution is 5.92. The molecule has 3 aromatic rings. The molecule has 2 bridgehead atoms. The number of hydrogen-bond donors (Lipinski definition) is 4. The van der Waals surface area contributed by atoms with Gasteiger partial charge in [-0.2, -0.15) is 0 Å². The minimum absolute atomic E-state index is 0.391. The quantitative estimate of drug-likeness (QED) is 0.501. The number of likely N-dealkylation sites (tertiary alicyclic amines) is 1. The van der Waals surface area contributed by atoms with Gasteiger partial charge in [0.1, 0.15) is 5.75 Å². The molecule has 4 N–H and O–H groups in total. The fourth-order valence-corrected chi connectivity index (χ4v) is 5.18. The summed E-state index contributed by atoms with van der Waals surface area (Å²) in [5.74, 6) is -1.89. The lowest BCUT2D eigenvalue weighted by Gasteiger charge is -2.27. The minimum atomic E-state index is -1.44. The second-order valence-electron chi connectivity index (χ2n) is 8.58. The molecule has 0 saturated carbocycles. The van der Waals surface area contributed by atoms with Crippen LogP contribution in [0, 0.1) is 0 Å². The van der Waals surface area contributed by atoms with Crippen molar-refractivity contribution in [2.45, 2.75) is 38.4 Å². The third-order valence-electron chi connectivity index (χ3n) is 6.82. The van der Waals surface area contributed by atoms with Gasteiger partial charge in [0.15, 0.2) is 5.56 Å². The van der Waals surface area contributed by atoms with E-state index in [1.165, 1.54) is 12.1 Å². The zero-order valence-electron chi connectivity index (χ0n) is 17.6. The number of H-pyrrole nitrogens is 1. The van der Waals surface area contributed by atoms with Gasteiger partial charge in [-0.05, 0) is 36.6 Å². The summed E-state index contributed by atoms with van der Waals surface area (Å²) in [4.78, 5) is 28.9. The normalized spacial score (nSPS) is 20.7. The molecule has 31 heavy (non-hydrogen) atoms. The van der Waals surface area contributed by atoms with E-state index < -0.39 is 22.8 Å². The second-order valence-corrected chi connectivity index (χ2v) is 8.58. The van der Waals surface area contributed by atoms with Gasteiger partial charge in [-0.1, -0.05) is 13.0 Å². The van der Waals surface area contributed by atoms with Gasteiger partial charge in [-0.25, -0.2) is 4.79 Å². The number of nitrogens with zero attached hydrogens (tertiary/aromatic N) is 2. The molecular formula is C23H26N4O4. The minimum Gasteiger partial charge on any atom is -0.506 e. The SMILES string of the molecule is CCc1c(-c2ccc3c(c2)cc(CN2CC4CC2CN4)n3C)[nH]c(=O)c(C(=O)O)c1O. The Morgan fingerprint density at radius 3 is 2.74 bits per heavy atom. The molecule has 2 saturated heterocycles. The number of aromatic nitrogens is 2. The number of carbonyl (C=O) groups is 1. The Bertz CT molecular complexity index is 1260. The van der Waals surface area contributed by atoms with Crippen LogP contribution < -0.4 is 10.9 Å². The summed E-state index contributed by atoms with van der Waals surface area (Å²) in [5, 5.41) is 24.3. The maximum atomic E-state index is 12.3. The van der Waals surface area contributed by atoms with E-state index in [1.54, 1.807) is 0 Å². The molecule has 2 aliphatic rings. The van der Waals surface area contributed by atoms with Gasteiger partial charge in [0, 0.05) is 60.9 Å². The van der Waals surface area contributed by atoms with Crippen LogP contribution in [0.25, 0.3) is 22.2 Å². The molecular weight excluding hydrogens is 396 g/mol. The van der Waals surface area contributed by atoms with Gasteiger partial charge in [0.05, 0.1) is 5.69 Å². The molecule has 2 fully saturated rings. The standard InChI is InChI=1S/C23H26N4O4/c1-3-17-20(25-22(29)19(21(17)28)23(30)31)12-4-5-18-13(6-12)7-16(26(18)2)11-27-10-14-8-15(27)9-24-14/h4-7,14-15,24H,3,8-11H2,1-2H3,(H,30,31)(H2,25,28,29). The number of aryl methyl sites for hydroxylation is 1. The highest BCUT2D eigenvalue weighted by atomic mass is 16.4. The lowest BCUT2D eigenvalue weighted by atomic mass is 9.99. The summed E-state index contributed by atoms with van der Waals surface area (Å²) in [6, 6.07) is 9.28. The lowest BCUT2D eigenvalue weighted by Crippen LogP contribution is -2.43. The number of aromatic amines is 1. The van der Waals surface area contributed by atoms with Crippen molar-refractivity contribution in [2.75, 3.05) is 13.1 Å². The molecule has 8 heteroatoms. The molecule has 0 aliphatic carbocycles. The molecule has 0 radical (unpaired) electrons. The number of carboxylic acids is 1. The Kier molecular flexibility index (Phi) is 4.64. The molecule has 2 aliphatic heterocycles. The van der Waals surface area contributed by atoms with Gasteiger partial charge in [-0.15, -0.1) is 0 Å². The second kappa shape index (κ2) is 7.25. The van der Waals surface area contributed by atoms with Gasteiger partial charge in [0.25, 0.3) is 5.56 Å². The first-order chi connectivity index (χ1) is 14.9. The first-order valence-corrected chi connectivity index (χ1v) is 10.6. The number of benzene rings is 1. The van der Waals surface area contributed by atoms with E-state index in [0.29, 0.717) is 29.8 Å². The van der Waals surface area contributed by atoms with Crippen LogP contribution in [0.4, 0.5) is 0 Å². The van der Waals surface area contributed by atoms with Crippen molar-refractivity contribution < 1.29 is 15.0 Å². The first-order valence-electron chi connectivity index (χ1n) is 10.6. The van der Waals surface area contributed by atoms with Crippen molar-refractivity contribution in [3.05, 3.63) is 51.4 Å². The van der Waals surface area contributed by atoms with Crippen LogP contribution in [0.3, 0.4) is 0 Å². The van der Waals surface area contributed by atoms with E-state index in [4.69, 9.17) is 0 Å². The van der Waals surface area contributed by atoms with Gasteiger partial charge < -0.3 is 25.1 Å². The van der Waals surface area contributed by atoms with Crippen LogP contribution in [-0.4, -0.2) is 55.8 Å². The van der Waals surface area contributed by atoms with Crippen LogP contribution in [0.5, 0.6) is 5.75 Å². The number of pyridine rings is 1. The van der Waals surface area contributed by atoms with Crippen LogP contribution >= 0.6 is 0 Å². The predicted molar refractivity (Wildman–Crippen MR) is 118 cm³/mol. The van der Waals surface area contributed by atoms with E-state index in [0.717, 1.165) is 36.1 Å². The van der Waals surface area contributed by atoms with Crippen molar-refractivity contribution in [1.82, 2.24) is 19.8 Å². The van der Waals surface area contributed by atoms with Crippen LogP contribution in [0.1, 0.15) is 35.0 Å². The molecule has 2 aromatic heterocycles. The number of piperazine rings is 1. The van der Waals surface area contributed by atoms with Crippen molar-refractivity contribution >= 4 is 16.9 Å². The molecule has 2 unspecified atom stereocenters. The number of aromatic carboxylic acids is 1. The largest absolute Gasteiger partial charge is 0.506 e. The van der Waals surface area contributed by atoms with E-state index in [9.17, 15) is 19.8 Å². The topological polar surface area (TPSA) is 111 Å². The summed E-state index contributed by atoms with van der Waals surface area (Å²) in [7, 11) is 2.07. The number of aromatic hydroxyl groups is 1.